The lowest BCUT2D eigenvalue weighted by Crippen LogP contribution is -2.50. The second kappa shape index (κ2) is 8.80. The van der Waals surface area contributed by atoms with E-state index in [0.717, 1.165) is 12.0 Å². The normalized spacial score (nSPS) is 13.7. The van der Waals surface area contributed by atoms with Crippen molar-refractivity contribution in [3.63, 3.8) is 0 Å². The predicted molar refractivity (Wildman–Crippen MR) is 110 cm³/mol. The highest BCUT2D eigenvalue weighted by Gasteiger charge is 2.31. The Morgan fingerprint density at radius 1 is 1.26 bits per heavy atom. The number of benzene rings is 1. The van der Waals surface area contributed by atoms with Crippen LogP contribution in [0.2, 0.25) is 5.02 Å². The first kappa shape index (κ1) is 21.3. The van der Waals surface area contributed by atoms with E-state index < -0.39 is 11.5 Å². The maximum atomic E-state index is 12.8. The molecule has 0 saturated carbocycles. The third kappa shape index (κ3) is 5.74. The summed E-state index contributed by atoms with van der Waals surface area (Å²) in [7, 11) is 0. The Balaban J connectivity index is 2.14. The number of rotatable bonds is 6. The Morgan fingerprint density at radius 2 is 1.96 bits per heavy atom. The molecule has 2 amide bonds. The van der Waals surface area contributed by atoms with Crippen LogP contribution < -0.4 is 10.6 Å². The molecular weight excluding hydrogens is 384 g/mol. The van der Waals surface area contributed by atoms with E-state index in [-0.39, 0.29) is 17.7 Å². The molecule has 2 atom stereocenters. The van der Waals surface area contributed by atoms with Gasteiger partial charge in [0.2, 0.25) is 16.9 Å². The average Bonchev–Trinajstić information content (AvgIpc) is 3.06. The van der Waals surface area contributed by atoms with Crippen molar-refractivity contribution in [1.29, 1.82) is 0 Å². The maximum Gasteiger partial charge on any atom is 0.249 e. The zero-order valence-electron chi connectivity index (χ0n) is 16.2. The Kier molecular flexibility index (Phi) is 6.95. The Bertz CT molecular complexity index is 816. The molecular formula is C19H25ClN4O2S. The van der Waals surface area contributed by atoms with E-state index in [2.05, 4.69) is 20.8 Å². The molecule has 8 heteroatoms. The van der Waals surface area contributed by atoms with E-state index in [1.807, 2.05) is 46.8 Å². The molecule has 0 aliphatic carbocycles. The van der Waals surface area contributed by atoms with Crippen molar-refractivity contribution in [3.05, 3.63) is 29.3 Å². The number of nitrogens with one attached hydrogen (secondary N) is 2. The smallest absolute Gasteiger partial charge is 0.249 e. The van der Waals surface area contributed by atoms with Crippen LogP contribution in [0.3, 0.4) is 0 Å². The molecule has 0 bridgehead atoms. The molecule has 1 aromatic carbocycles. The largest absolute Gasteiger partial charge is 0.344 e. The molecule has 1 heterocycles. The minimum absolute atomic E-state index is 0.0170. The lowest BCUT2D eigenvalue weighted by atomic mass is 9.92. The van der Waals surface area contributed by atoms with E-state index in [0.29, 0.717) is 15.2 Å². The van der Waals surface area contributed by atoms with E-state index in [1.54, 1.807) is 12.1 Å². The number of hydrogen-bond acceptors (Lipinski definition) is 5. The second-order valence-electron chi connectivity index (χ2n) is 7.50. The molecule has 0 radical (unpaired) electrons. The van der Waals surface area contributed by atoms with Crippen LogP contribution in [0.1, 0.15) is 41.0 Å². The Labute approximate surface area is 168 Å². The van der Waals surface area contributed by atoms with Gasteiger partial charge in [0.05, 0.1) is 0 Å². The molecule has 27 heavy (non-hydrogen) atoms. The molecule has 0 spiro atoms. The summed E-state index contributed by atoms with van der Waals surface area (Å²) >= 11 is 7.27. The lowest BCUT2D eigenvalue weighted by molar-refractivity contribution is -0.132. The standard InChI is InChI=1S/C19H25ClN4O2S/c1-6-11(2)14(21-17(26)19(3,4)5)15(25)22-18-24-23-16(27-18)12-8-7-9-13(20)10-12/h7-11,14H,6H2,1-5H3,(H,21,26)(H,22,24,25)/t11-,14-/m0/s1. The van der Waals surface area contributed by atoms with Crippen LogP contribution in [0.4, 0.5) is 5.13 Å². The van der Waals surface area contributed by atoms with Crippen molar-refractivity contribution in [2.24, 2.45) is 11.3 Å². The van der Waals surface area contributed by atoms with Crippen LogP contribution >= 0.6 is 22.9 Å². The monoisotopic (exact) mass is 408 g/mol. The molecule has 0 unspecified atom stereocenters. The summed E-state index contributed by atoms with van der Waals surface area (Å²) in [6.45, 7) is 9.36. The van der Waals surface area contributed by atoms with Gasteiger partial charge >= 0.3 is 0 Å². The molecule has 1 aromatic heterocycles. The van der Waals surface area contributed by atoms with Crippen molar-refractivity contribution >= 4 is 39.9 Å². The number of nitrogens with zero attached hydrogens (tertiary/aromatic N) is 2. The number of hydrogen-bond donors (Lipinski definition) is 2. The molecule has 0 fully saturated rings. The molecule has 0 saturated heterocycles. The van der Waals surface area contributed by atoms with Gasteiger partial charge in [0.25, 0.3) is 0 Å². The highest BCUT2D eigenvalue weighted by atomic mass is 35.5. The maximum absolute atomic E-state index is 12.8. The zero-order valence-corrected chi connectivity index (χ0v) is 17.7. The van der Waals surface area contributed by atoms with Gasteiger partial charge in [-0.25, -0.2) is 0 Å². The van der Waals surface area contributed by atoms with Crippen LogP contribution in [-0.4, -0.2) is 28.1 Å². The fourth-order valence-electron chi connectivity index (χ4n) is 2.25. The molecule has 146 valence electrons. The quantitative estimate of drug-likeness (QED) is 0.743. The number of amides is 2. The van der Waals surface area contributed by atoms with Gasteiger partial charge in [-0.1, -0.05) is 76.1 Å². The van der Waals surface area contributed by atoms with Gasteiger partial charge in [-0.2, -0.15) is 0 Å². The van der Waals surface area contributed by atoms with Gasteiger partial charge in [-0.15, -0.1) is 10.2 Å². The first-order chi connectivity index (χ1) is 12.6. The van der Waals surface area contributed by atoms with Crippen molar-refractivity contribution in [3.8, 4) is 10.6 Å². The summed E-state index contributed by atoms with van der Waals surface area (Å²) in [6, 6.07) is 6.64. The van der Waals surface area contributed by atoms with Gasteiger partial charge in [0.1, 0.15) is 11.0 Å². The molecule has 2 N–H and O–H groups in total. The summed E-state index contributed by atoms with van der Waals surface area (Å²) in [5.41, 5.74) is 0.258. The van der Waals surface area contributed by atoms with Gasteiger partial charge in [0, 0.05) is 16.0 Å². The van der Waals surface area contributed by atoms with Gasteiger partial charge in [-0.05, 0) is 18.1 Å². The Morgan fingerprint density at radius 3 is 2.56 bits per heavy atom. The topological polar surface area (TPSA) is 84.0 Å². The van der Waals surface area contributed by atoms with Crippen molar-refractivity contribution in [1.82, 2.24) is 15.5 Å². The minimum Gasteiger partial charge on any atom is -0.344 e. The summed E-state index contributed by atoms with van der Waals surface area (Å²) in [6.07, 6.45) is 0.756. The van der Waals surface area contributed by atoms with Crippen LogP contribution in [-0.2, 0) is 9.59 Å². The van der Waals surface area contributed by atoms with Gasteiger partial charge < -0.3 is 5.32 Å². The first-order valence-electron chi connectivity index (χ1n) is 8.83. The summed E-state index contributed by atoms with van der Waals surface area (Å²) in [4.78, 5) is 25.1. The lowest BCUT2D eigenvalue weighted by Gasteiger charge is -2.27. The number of anilines is 1. The van der Waals surface area contributed by atoms with Crippen LogP contribution in [0.5, 0.6) is 0 Å². The predicted octanol–water partition coefficient (Wildman–Crippen LogP) is 4.37. The minimum atomic E-state index is -0.639. The number of carbonyl (C=O) groups is 2. The summed E-state index contributed by atoms with van der Waals surface area (Å²) in [5, 5.41) is 15.4. The van der Waals surface area contributed by atoms with Crippen LogP contribution in [0.15, 0.2) is 24.3 Å². The van der Waals surface area contributed by atoms with Crippen LogP contribution in [0, 0.1) is 11.3 Å². The first-order valence-corrected chi connectivity index (χ1v) is 10.0. The fraction of sp³-hybridized carbons (Fsp3) is 0.474. The molecule has 0 aliphatic rings. The van der Waals surface area contributed by atoms with Gasteiger partial charge in [-0.3, -0.25) is 14.9 Å². The van der Waals surface area contributed by atoms with Gasteiger partial charge in [0.15, 0.2) is 0 Å². The van der Waals surface area contributed by atoms with E-state index in [9.17, 15) is 9.59 Å². The number of carbonyl (C=O) groups excluding carboxylic acids is 2. The SMILES string of the molecule is CC[C@H](C)[C@H](NC(=O)C(C)(C)C)C(=O)Nc1nnc(-c2cccc(Cl)c2)s1. The molecule has 6 nitrogen and oxygen atoms in total. The van der Waals surface area contributed by atoms with Crippen molar-refractivity contribution in [2.45, 2.75) is 47.1 Å². The van der Waals surface area contributed by atoms with E-state index in [4.69, 9.17) is 11.6 Å². The van der Waals surface area contributed by atoms with Crippen LogP contribution in [0.25, 0.3) is 10.6 Å². The highest BCUT2D eigenvalue weighted by molar-refractivity contribution is 7.18. The molecule has 2 rings (SSSR count). The van der Waals surface area contributed by atoms with Crippen molar-refractivity contribution < 1.29 is 9.59 Å². The van der Waals surface area contributed by atoms with Crippen molar-refractivity contribution in [2.75, 3.05) is 5.32 Å². The highest BCUT2D eigenvalue weighted by Crippen LogP contribution is 2.28. The summed E-state index contributed by atoms with van der Waals surface area (Å²) in [5.74, 6) is -0.479. The third-order valence-electron chi connectivity index (χ3n) is 4.19. The fourth-order valence-corrected chi connectivity index (χ4v) is 3.19. The molecule has 2 aromatic rings. The number of halogens is 1. The number of aromatic nitrogens is 2. The third-order valence-corrected chi connectivity index (χ3v) is 5.31. The van der Waals surface area contributed by atoms with E-state index in [1.165, 1.54) is 11.3 Å². The zero-order chi connectivity index (χ0) is 20.2. The molecule has 0 aliphatic heterocycles. The Hall–Kier alpha value is -1.99. The second-order valence-corrected chi connectivity index (χ2v) is 8.91. The summed E-state index contributed by atoms with van der Waals surface area (Å²) < 4.78 is 0. The van der Waals surface area contributed by atoms with E-state index >= 15 is 0 Å². The average molecular weight is 409 g/mol.